The Balaban J connectivity index is 2.59. The fraction of sp³-hybridized carbons (Fsp3) is 0.667. The molecule has 8 heteroatoms. The molecular weight excluding hydrogens is 232 g/mol. The molecule has 0 bridgehead atoms. The zero-order chi connectivity index (χ0) is 11.0. The van der Waals surface area contributed by atoms with Crippen LogP contribution in [0.2, 0.25) is 0 Å². The average Bonchev–Trinajstić information content (AvgIpc) is 1.91. The van der Waals surface area contributed by atoms with Gasteiger partial charge in [-0.3, -0.25) is 8.37 Å². The van der Waals surface area contributed by atoms with Gasteiger partial charge < -0.3 is 0 Å². The molecule has 1 aliphatic carbocycles. The highest BCUT2D eigenvalue weighted by Gasteiger charge is 2.31. The quantitative estimate of drug-likeness (QED) is 0.476. The molecule has 14 heavy (non-hydrogen) atoms. The van der Waals surface area contributed by atoms with Crippen molar-refractivity contribution >= 4 is 20.2 Å². The van der Waals surface area contributed by atoms with Crippen molar-refractivity contribution in [3.05, 3.63) is 12.2 Å². The minimum atomic E-state index is -3.60. The smallest absolute Gasteiger partial charge is 0.260 e. The van der Waals surface area contributed by atoms with E-state index < -0.39 is 32.4 Å². The van der Waals surface area contributed by atoms with E-state index in [1.165, 1.54) is 12.2 Å². The summed E-state index contributed by atoms with van der Waals surface area (Å²) >= 11 is 0. The van der Waals surface area contributed by atoms with Gasteiger partial charge in [0.05, 0.1) is 12.5 Å². The highest BCUT2D eigenvalue weighted by atomic mass is 32.2. The Morgan fingerprint density at radius 1 is 0.857 bits per heavy atom. The number of hydrogen-bond donors (Lipinski definition) is 0. The van der Waals surface area contributed by atoms with Gasteiger partial charge in [0.15, 0.2) is 0 Å². The van der Waals surface area contributed by atoms with Crippen molar-refractivity contribution in [3.63, 3.8) is 0 Å². The Labute approximate surface area is 82.8 Å². The third-order valence-corrected chi connectivity index (χ3v) is 2.53. The molecule has 0 N–H and O–H groups in total. The molecule has 0 spiro atoms. The lowest BCUT2D eigenvalue weighted by Crippen LogP contribution is -2.37. The second kappa shape index (κ2) is 3.61. The molecule has 0 aromatic heterocycles. The Bertz CT molecular complexity index is 389. The van der Waals surface area contributed by atoms with E-state index in [9.17, 15) is 16.8 Å². The Morgan fingerprint density at radius 3 is 1.29 bits per heavy atom. The van der Waals surface area contributed by atoms with Crippen molar-refractivity contribution in [2.24, 2.45) is 0 Å². The van der Waals surface area contributed by atoms with Crippen molar-refractivity contribution in [3.8, 4) is 0 Å². The van der Waals surface area contributed by atoms with Crippen LogP contribution in [0.3, 0.4) is 0 Å². The van der Waals surface area contributed by atoms with Crippen LogP contribution in [0.1, 0.15) is 0 Å². The normalized spacial score (nSPS) is 27.3. The van der Waals surface area contributed by atoms with Crippen LogP contribution in [-0.2, 0) is 28.6 Å². The molecule has 1 rings (SSSR count). The summed E-state index contributed by atoms with van der Waals surface area (Å²) in [5, 5.41) is 0. The summed E-state index contributed by atoms with van der Waals surface area (Å²) in [6, 6.07) is 0. The van der Waals surface area contributed by atoms with Crippen LogP contribution in [0.15, 0.2) is 12.2 Å². The minimum absolute atomic E-state index is 0.847. The van der Waals surface area contributed by atoms with Gasteiger partial charge in [-0.15, -0.1) is 0 Å². The third-order valence-electron chi connectivity index (χ3n) is 1.39. The second-order valence-corrected chi connectivity index (χ2v) is 6.12. The van der Waals surface area contributed by atoms with Gasteiger partial charge in [0.2, 0.25) is 0 Å². The zero-order valence-electron chi connectivity index (χ0n) is 7.58. The van der Waals surface area contributed by atoms with E-state index in [0.29, 0.717) is 0 Å². The largest absolute Gasteiger partial charge is 0.265 e. The first-order valence-corrected chi connectivity index (χ1v) is 7.25. The van der Waals surface area contributed by atoms with Crippen LogP contribution in [0, 0.1) is 0 Å². The summed E-state index contributed by atoms with van der Waals surface area (Å²) in [5.41, 5.74) is 0. The van der Waals surface area contributed by atoms with Crippen LogP contribution in [-0.4, -0.2) is 41.6 Å². The molecule has 0 saturated heterocycles. The molecule has 0 aromatic rings. The lowest BCUT2D eigenvalue weighted by atomic mass is 10.0. The Kier molecular flexibility index (Phi) is 3.00. The maximum atomic E-state index is 10.7. The van der Waals surface area contributed by atoms with Crippen molar-refractivity contribution in [1.29, 1.82) is 0 Å². The molecule has 0 radical (unpaired) electrons. The predicted octanol–water partition coefficient (Wildman–Crippen LogP) is -0.754. The van der Waals surface area contributed by atoms with Crippen molar-refractivity contribution < 1.29 is 25.2 Å². The van der Waals surface area contributed by atoms with E-state index in [1.54, 1.807) is 0 Å². The maximum absolute atomic E-state index is 10.7. The van der Waals surface area contributed by atoms with E-state index in [4.69, 9.17) is 0 Å². The molecule has 0 saturated carbocycles. The second-order valence-electron chi connectivity index (χ2n) is 2.91. The van der Waals surface area contributed by atoms with Gasteiger partial charge in [-0.2, -0.15) is 16.8 Å². The monoisotopic (exact) mass is 242 g/mol. The van der Waals surface area contributed by atoms with Gasteiger partial charge >= 0.3 is 0 Å². The fourth-order valence-electron chi connectivity index (χ4n) is 0.870. The van der Waals surface area contributed by atoms with Crippen LogP contribution in [0.5, 0.6) is 0 Å². The van der Waals surface area contributed by atoms with Crippen LogP contribution in [0.4, 0.5) is 0 Å². The van der Waals surface area contributed by atoms with E-state index in [0.717, 1.165) is 12.5 Å². The predicted molar refractivity (Wildman–Crippen MR) is 48.6 cm³/mol. The van der Waals surface area contributed by atoms with Gasteiger partial charge in [-0.1, -0.05) is 12.2 Å². The highest BCUT2D eigenvalue weighted by molar-refractivity contribution is 7.86. The standard InChI is InChI=1S/C6H10O6S2/c1-13(7,8)11-5-3-4-6(5)12-14(2,9)10/h3-6H,1-2H3/t5-,6+. The third kappa shape index (κ3) is 3.74. The molecular formula is C6H10O6S2. The summed E-state index contributed by atoms with van der Waals surface area (Å²) in [5.74, 6) is 0. The fourth-order valence-corrected chi connectivity index (χ4v) is 2.02. The molecule has 0 heterocycles. The molecule has 2 atom stereocenters. The highest BCUT2D eigenvalue weighted by Crippen LogP contribution is 2.20. The van der Waals surface area contributed by atoms with E-state index in [2.05, 4.69) is 8.37 Å². The molecule has 0 fully saturated rings. The summed E-state index contributed by atoms with van der Waals surface area (Å²) in [4.78, 5) is 0. The van der Waals surface area contributed by atoms with Crippen molar-refractivity contribution in [1.82, 2.24) is 0 Å². The van der Waals surface area contributed by atoms with Crippen molar-refractivity contribution in [2.45, 2.75) is 12.2 Å². The van der Waals surface area contributed by atoms with E-state index in [-0.39, 0.29) is 0 Å². The van der Waals surface area contributed by atoms with Crippen LogP contribution in [0.25, 0.3) is 0 Å². The minimum Gasteiger partial charge on any atom is -0.260 e. The molecule has 0 amide bonds. The summed E-state index contributed by atoms with van der Waals surface area (Å²) in [6.07, 6.45) is 2.90. The number of hydrogen-bond acceptors (Lipinski definition) is 6. The average molecular weight is 242 g/mol. The SMILES string of the molecule is CS(=O)(=O)O[C@H]1C=C[C@H]1OS(C)(=O)=O. The topological polar surface area (TPSA) is 86.7 Å². The number of rotatable bonds is 4. The maximum Gasteiger partial charge on any atom is 0.265 e. The van der Waals surface area contributed by atoms with E-state index in [1.807, 2.05) is 0 Å². The molecule has 1 aliphatic rings. The van der Waals surface area contributed by atoms with Crippen molar-refractivity contribution in [2.75, 3.05) is 12.5 Å². The molecule has 0 unspecified atom stereocenters. The van der Waals surface area contributed by atoms with Gasteiger partial charge in [0.1, 0.15) is 12.2 Å². The van der Waals surface area contributed by atoms with Gasteiger partial charge in [0.25, 0.3) is 20.2 Å². The van der Waals surface area contributed by atoms with Crippen LogP contribution < -0.4 is 0 Å². The summed E-state index contributed by atoms with van der Waals surface area (Å²) < 4.78 is 51.8. The zero-order valence-corrected chi connectivity index (χ0v) is 9.21. The lowest BCUT2D eigenvalue weighted by molar-refractivity contribution is 0.105. The first kappa shape index (κ1) is 11.6. The summed E-state index contributed by atoms with van der Waals surface area (Å²) in [6.45, 7) is 0. The van der Waals surface area contributed by atoms with Gasteiger partial charge in [0, 0.05) is 0 Å². The molecule has 0 aliphatic heterocycles. The first-order valence-electron chi connectivity index (χ1n) is 3.62. The Morgan fingerprint density at radius 2 is 1.14 bits per heavy atom. The first-order chi connectivity index (χ1) is 6.17. The van der Waals surface area contributed by atoms with Gasteiger partial charge in [-0.05, 0) is 0 Å². The molecule has 6 nitrogen and oxygen atoms in total. The van der Waals surface area contributed by atoms with E-state index >= 15 is 0 Å². The summed E-state index contributed by atoms with van der Waals surface area (Å²) in [7, 11) is -7.20. The lowest BCUT2D eigenvalue weighted by Gasteiger charge is -2.26. The molecule has 0 aromatic carbocycles. The van der Waals surface area contributed by atoms with Crippen LogP contribution >= 0.6 is 0 Å². The van der Waals surface area contributed by atoms with Gasteiger partial charge in [-0.25, -0.2) is 0 Å². The molecule has 82 valence electrons. The Hall–Kier alpha value is -0.440.